The molecule has 0 unspecified atom stereocenters. The van der Waals surface area contributed by atoms with Gasteiger partial charge < -0.3 is 20.4 Å². The van der Waals surface area contributed by atoms with Crippen molar-refractivity contribution in [3.63, 3.8) is 0 Å². The van der Waals surface area contributed by atoms with E-state index in [2.05, 4.69) is 20.8 Å². The first kappa shape index (κ1) is 27.2. The highest BCUT2D eigenvalue weighted by molar-refractivity contribution is 4.24. The van der Waals surface area contributed by atoms with Crippen LogP contribution in [0.1, 0.15) is 73.1 Å². The first-order chi connectivity index (χ1) is 8.97. The lowest BCUT2D eigenvalue weighted by molar-refractivity contribution is 0.216. The highest BCUT2D eigenvalue weighted by Crippen LogP contribution is 1.79. The summed E-state index contributed by atoms with van der Waals surface area (Å²) in [6, 6.07) is 0. The Morgan fingerprint density at radius 1 is 0.632 bits per heavy atom. The van der Waals surface area contributed by atoms with Crippen LogP contribution >= 0.6 is 0 Å². The topological polar surface area (TPSA) is 80.9 Å². The summed E-state index contributed by atoms with van der Waals surface area (Å²) in [5, 5.41) is 32.3. The summed E-state index contributed by atoms with van der Waals surface area (Å²) in [7, 11) is 0. The molecule has 0 radical (unpaired) electrons. The van der Waals surface area contributed by atoms with Crippen molar-refractivity contribution in [2.24, 2.45) is 0 Å². The Hall–Kier alpha value is -0.160. The third kappa shape index (κ3) is 131. The van der Waals surface area contributed by atoms with Crippen molar-refractivity contribution < 1.29 is 20.4 Å². The van der Waals surface area contributed by atoms with Crippen molar-refractivity contribution in [1.29, 1.82) is 0 Å². The standard InChI is InChI=1S/3C4H10O.C3H8O/c3*1-2-3-4-5;1-3(2)4/h3*5H,2-4H2,1H3;3-4H,1-2H3. The maximum atomic E-state index is 8.07. The lowest BCUT2D eigenvalue weighted by Gasteiger charge is -1.80. The minimum atomic E-state index is -0.167. The Labute approximate surface area is 120 Å². The van der Waals surface area contributed by atoms with Crippen LogP contribution in [-0.2, 0) is 0 Å². The van der Waals surface area contributed by atoms with Gasteiger partial charge in [-0.05, 0) is 33.1 Å². The molecule has 4 heteroatoms. The second-order valence-corrected chi connectivity index (χ2v) is 4.33. The van der Waals surface area contributed by atoms with Crippen LogP contribution in [0.4, 0.5) is 0 Å². The number of aliphatic hydroxyl groups is 4. The molecule has 0 fully saturated rings. The molecular formula is C15H38O4. The van der Waals surface area contributed by atoms with Gasteiger partial charge in [-0.25, -0.2) is 0 Å². The van der Waals surface area contributed by atoms with Gasteiger partial charge in [0.05, 0.1) is 0 Å². The fraction of sp³-hybridized carbons (Fsp3) is 1.00. The van der Waals surface area contributed by atoms with Gasteiger partial charge in [-0.2, -0.15) is 0 Å². The third-order valence-corrected chi connectivity index (χ3v) is 1.54. The number of hydrogen-bond donors (Lipinski definition) is 4. The average molecular weight is 282 g/mol. The fourth-order valence-electron chi connectivity index (χ4n) is 0.474. The smallest absolute Gasteiger partial charge is 0.0483 e. The van der Waals surface area contributed by atoms with E-state index in [1.54, 1.807) is 13.8 Å². The normalized spacial score (nSPS) is 8.53. The Balaban J connectivity index is -0.0000000793. The molecule has 4 N–H and O–H groups in total. The molecule has 0 aromatic carbocycles. The molecule has 0 atom stereocenters. The lowest BCUT2D eigenvalue weighted by atomic mass is 10.4. The minimum absolute atomic E-state index is 0.167. The van der Waals surface area contributed by atoms with Crippen LogP contribution in [0.3, 0.4) is 0 Å². The Bertz CT molecular complexity index is 75.1. The summed E-state index contributed by atoms with van der Waals surface area (Å²) in [5.74, 6) is 0. The predicted molar refractivity (Wildman–Crippen MR) is 83.3 cm³/mol. The highest BCUT2D eigenvalue weighted by Gasteiger charge is 1.70. The minimum Gasteiger partial charge on any atom is -0.396 e. The van der Waals surface area contributed by atoms with Crippen LogP contribution < -0.4 is 0 Å². The maximum absolute atomic E-state index is 8.07. The van der Waals surface area contributed by atoms with Crippen molar-refractivity contribution in [1.82, 2.24) is 0 Å². The van der Waals surface area contributed by atoms with Gasteiger partial charge in [-0.1, -0.05) is 40.0 Å². The van der Waals surface area contributed by atoms with E-state index in [0.717, 1.165) is 38.5 Å². The number of rotatable bonds is 6. The van der Waals surface area contributed by atoms with Crippen molar-refractivity contribution in [3.8, 4) is 0 Å². The second kappa shape index (κ2) is 36.1. The van der Waals surface area contributed by atoms with Gasteiger partial charge >= 0.3 is 0 Å². The molecule has 0 rings (SSSR count). The molecule has 19 heavy (non-hydrogen) atoms. The molecule has 0 aromatic heterocycles. The summed E-state index contributed by atoms with van der Waals surface area (Å²) in [6.07, 6.45) is 5.95. The largest absolute Gasteiger partial charge is 0.396 e. The maximum Gasteiger partial charge on any atom is 0.0483 e. The molecule has 0 aliphatic heterocycles. The number of hydrogen-bond acceptors (Lipinski definition) is 4. The number of unbranched alkanes of at least 4 members (excludes halogenated alkanes) is 3. The lowest BCUT2D eigenvalue weighted by Crippen LogP contribution is -1.85. The molecule has 0 aliphatic rings. The predicted octanol–water partition coefficient (Wildman–Crippen LogP) is 2.72. The zero-order valence-corrected chi connectivity index (χ0v) is 13.7. The molecule has 122 valence electrons. The van der Waals surface area contributed by atoms with Crippen molar-refractivity contribution in [2.45, 2.75) is 79.2 Å². The molecule has 0 spiro atoms. The van der Waals surface area contributed by atoms with E-state index in [9.17, 15) is 0 Å². The van der Waals surface area contributed by atoms with E-state index in [1.165, 1.54) is 0 Å². The average Bonchev–Trinajstić information content (AvgIpc) is 2.33. The molecule has 0 aliphatic carbocycles. The Morgan fingerprint density at radius 3 is 0.789 bits per heavy atom. The van der Waals surface area contributed by atoms with Crippen LogP contribution in [-0.4, -0.2) is 46.4 Å². The summed E-state index contributed by atoms with van der Waals surface area (Å²) in [6.45, 7) is 10.6. The molecule has 0 aromatic rings. The van der Waals surface area contributed by atoms with Gasteiger partial charge in [0.15, 0.2) is 0 Å². The Morgan fingerprint density at radius 2 is 0.789 bits per heavy atom. The van der Waals surface area contributed by atoms with Crippen molar-refractivity contribution >= 4 is 0 Å². The monoisotopic (exact) mass is 282 g/mol. The van der Waals surface area contributed by atoms with Crippen LogP contribution in [0.5, 0.6) is 0 Å². The molecule has 0 saturated heterocycles. The van der Waals surface area contributed by atoms with Crippen LogP contribution in [0.15, 0.2) is 0 Å². The van der Waals surface area contributed by atoms with Gasteiger partial charge in [0.2, 0.25) is 0 Å². The SMILES string of the molecule is CC(C)O.CCCCO.CCCCO.CCCCO. The third-order valence-electron chi connectivity index (χ3n) is 1.54. The van der Waals surface area contributed by atoms with Gasteiger partial charge in [-0.15, -0.1) is 0 Å². The molecule has 0 amide bonds. The molecule has 0 bridgehead atoms. The van der Waals surface area contributed by atoms with Crippen molar-refractivity contribution in [3.05, 3.63) is 0 Å². The van der Waals surface area contributed by atoms with Gasteiger partial charge in [0, 0.05) is 25.9 Å². The van der Waals surface area contributed by atoms with Gasteiger partial charge in [-0.3, -0.25) is 0 Å². The van der Waals surface area contributed by atoms with E-state index < -0.39 is 0 Å². The molecular weight excluding hydrogens is 244 g/mol. The van der Waals surface area contributed by atoms with E-state index >= 15 is 0 Å². The van der Waals surface area contributed by atoms with Gasteiger partial charge in [0.25, 0.3) is 0 Å². The molecule has 0 heterocycles. The van der Waals surface area contributed by atoms with E-state index in [4.69, 9.17) is 20.4 Å². The van der Waals surface area contributed by atoms with Crippen LogP contribution in [0.2, 0.25) is 0 Å². The molecule has 4 nitrogen and oxygen atoms in total. The van der Waals surface area contributed by atoms with Crippen LogP contribution in [0, 0.1) is 0 Å². The first-order valence-electron chi connectivity index (χ1n) is 7.48. The summed E-state index contributed by atoms with van der Waals surface area (Å²) in [4.78, 5) is 0. The summed E-state index contributed by atoms with van der Waals surface area (Å²) >= 11 is 0. The highest BCUT2D eigenvalue weighted by atomic mass is 16.3. The van der Waals surface area contributed by atoms with E-state index in [1.807, 2.05) is 0 Å². The number of aliphatic hydroxyl groups excluding tert-OH is 4. The zero-order chi connectivity index (χ0) is 15.9. The van der Waals surface area contributed by atoms with Gasteiger partial charge in [0.1, 0.15) is 0 Å². The Kier molecular flexibility index (Phi) is 51.7. The summed E-state index contributed by atoms with van der Waals surface area (Å²) < 4.78 is 0. The van der Waals surface area contributed by atoms with Crippen LogP contribution in [0.25, 0.3) is 0 Å². The summed E-state index contributed by atoms with van der Waals surface area (Å²) in [5.41, 5.74) is 0. The van der Waals surface area contributed by atoms with E-state index in [-0.39, 0.29) is 6.10 Å². The van der Waals surface area contributed by atoms with Crippen molar-refractivity contribution in [2.75, 3.05) is 19.8 Å². The van der Waals surface area contributed by atoms with E-state index in [0.29, 0.717) is 19.8 Å². The first-order valence-corrected chi connectivity index (χ1v) is 7.48. The molecule has 0 saturated carbocycles. The quantitative estimate of drug-likeness (QED) is 0.604. The fourth-order valence-corrected chi connectivity index (χ4v) is 0.474. The zero-order valence-electron chi connectivity index (χ0n) is 13.7. The second-order valence-electron chi connectivity index (χ2n) is 4.33.